The number of carbonyl (C=O) groups is 4. The van der Waals surface area contributed by atoms with Gasteiger partial charge in [0.1, 0.15) is 18.1 Å². The zero-order valence-electron chi connectivity index (χ0n) is 18.3. The Balaban J connectivity index is 2.80. The molecule has 0 aliphatic heterocycles. The molecule has 32 heavy (non-hydrogen) atoms. The molecule has 1 aromatic rings. The van der Waals surface area contributed by atoms with Gasteiger partial charge in [0, 0.05) is 0 Å². The van der Waals surface area contributed by atoms with Crippen molar-refractivity contribution in [2.24, 2.45) is 11.7 Å². The maximum Gasteiger partial charge on any atom is 0.326 e. The number of aliphatic hydroxyl groups is 2. The molecule has 178 valence electrons. The smallest absolute Gasteiger partial charge is 0.326 e. The lowest BCUT2D eigenvalue weighted by atomic mass is 10.0. The van der Waals surface area contributed by atoms with Gasteiger partial charge in [-0.1, -0.05) is 44.2 Å². The van der Waals surface area contributed by atoms with Crippen LogP contribution in [0.2, 0.25) is 0 Å². The Hall–Kier alpha value is -3.02. The largest absolute Gasteiger partial charge is 0.480 e. The van der Waals surface area contributed by atoms with Crippen molar-refractivity contribution in [2.75, 3.05) is 6.61 Å². The van der Waals surface area contributed by atoms with E-state index >= 15 is 0 Å². The van der Waals surface area contributed by atoms with Crippen LogP contribution < -0.4 is 21.7 Å². The van der Waals surface area contributed by atoms with E-state index in [2.05, 4.69) is 16.0 Å². The number of nitrogens with two attached hydrogens (primary N) is 1. The zero-order chi connectivity index (χ0) is 24.4. The molecule has 0 spiro atoms. The Kier molecular flexibility index (Phi) is 10.8. The summed E-state index contributed by atoms with van der Waals surface area (Å²) in [6, 6.07) is 3.82. The molecule has 0 saturated carbocycles. The molecule has 3 amide bonds. The zero-order valence-corrected chi connectivity index (χ0v) is 18.3. The average Bonchev–Trinajstić information content (AvgIpc) is 2.73. The van der Waals surface area contributed by atoms with Gasteiger partial charge in [-0.25, -0.2) is 4.79 Å². The molecule has 0 aromatic heterocycles. The van der Waals surface area contributed by atoms with Crippen LogP contribution in [0.3, 0.4) is 0 Å². The molecule has 11 heteroatoms. The van der Waals surface area contributed by atoms with E-state index in [4.69, 9.17) is 5.73 Å². The van der Waals surface area contributed by atoms with Gasteiger partial charge in [0.2, 0.25) is 17.7 Å². The van der Waals surface area contributed by atoms with Crippen molar-refractivity contribution in [3.63, 3.8) is 0 Å². The van der Waals surface area contributed by atoms with Crippen molar-refractivity contribution in [1.29, 1.82) is 0 Å². The van der Waals surface area contributed by atoms with Crippen LogP contribution in [0, 0.1) is 5.92 Å². The molecule has 5 unspecified atom stereocenters. The molecule has 0 bridgehead atoms. The summed E-state index contributed by atoms with van der Waals surface area (Å²) in [6.45, 7) is 3.61. The van der Waals surface area contributed by atoms with Crippen LogP contribution in [0.1, 0.15) is 26.3 Å². The monoisotopic (exact) mass is 452 g/mol. The van der Waals surface area contributed by atoms with E-state index in [0.29, 0.717) is 0 Å². The van der Waals surface area contributed by atoms with E-state index in [1.165, 1.54) is 6.92 Å². The molecule has 0 aliphatic rings. The molecule has 11 nitrogen and oxygen atoms in total. The molecular formula is C21H32N4O7. The SMILES string of the molecule is CC(C)C(NC(=O)C(CO)NC(=O)C(NC(=O)C(N)Cc1ccccc1)C(C)O)C(=O)O. The minimum atomic E-state index is -1.49. The van der Waals surface area contributed by atoms with Gasteiger partial charge in [-0.15, -0.1) is 0 Å². The molecule has 0 fully saturated rings. The molecule has 1 rings (SSSR count). The molecule has 0 saturated heterocycles. The van der Waals surface area contributed by atoms with E-state index in [1.54, 1.807) is 38.1 Å². The summed E-state index contributed by atoms with van der Waals surface area (Å²) in [6.07, 6.45) is -1.14. The van der Waals surface area contributed by atoms with Gasteiger partial charge in [-0.05, 0) is 24.8 Å². The Labute approximate surface area is 186 Å². The summed E-state index contributed by atoms with van der Waals surface area (Å²) in [4.78, 5) is 48.6. The van der Waals surface area contributed by atoms with Crippen LogP contribution in [-0.4, -0.2) is 75.9 Å². The van der Waals surface area contributed by atoms with Gasteiger partial charge >= 0.3 is 5.97 Å². The minimum Gasteiger partial charge on any atom is -0.480 e. The summed E-state index contributed by atoms with van der Waals surface area (Å²) in [7, 11) is 0. The number of amides is 3. The van der Waals surface area contributed by atoms with Gasteiger partial charge in [-0.2, -0.15) is 0 Å². The number of rotatable bonds is 12. The number of carbonyl (C=O) groups excluding carboxylic acids is 3. The van der Waals surface area contributed by atoms with Crippen molar-refractivity contribution in [1.82, 2.24) is 16.0 Å². The quantitative estimate of drug-likeness (QED) is 0.192. The highest BCUT2D eigenvalue weighted by molar-refractivity contribution is 5.94. The lowest BCUT2D eigenvalue weighted by Gasteiger charge is -2.26. The topological polar surface area (TPSA) is 191 Å². The van der Waals surface area contributed by atoms with Crippen LogP contribution in [0.25, 0.3) is 0 Å². The van der Waals surface area contributed by atoms with Gasteiger partial charge in [0.25, 0.3) is 0 Å². The number of hydrogen-bond donors (Lipinski definition) is 7. The molecule has 5 atom stereocenters. The number of hydrogen-bond acceptors (Lipinski definition) is 7. The first-order valence-corrected chi connectivity index (χ1v) is 10.2. The molecule has 0 radical (unpaired) electrons. The van der Waals surface area contributed by atoms with Crippen molar-refractivity contribution in [3.8, 4) is 0 Å². The summed E-state index contributed by atoms with van der Waals surface area (Å²) in [5.74, 6) is -4.25. The van der Waals surface area contributed by atoms with E-state index in [1.807, 2.05) is 6.07 Å². The Bertz CT molecular complexity index is 786. The first kappa shape index (κ1) is 27.0. The fourth-order valence-electron chi connectivity index (χ4n) is 2.85. The average molecular weight is 453 g/mol. The lowest BCUT2D eigenvalue weighted by Crippen LogP contribution is -2.61. The number of benzene rings is 1. The van der Waals surface area contributed by atoms with Crippen molar-refractivity contribution in [2.45, 2.75) is 57.5 Å². The third-order valence-electron chi connectivity index (χ3n) is 4.74. The standard InChI is InChI=1S/C21H32N4O7/c1-11(2)16(21(31)32)24-19(29)15(10-26)23-20(30)17(12(3)27)25-18(28)14(22)9-13-7-5-4-6-8-13/h4-8,11-12,14-17,26-27H,9-10,22H2,1-3H3,(H,23,30)(H,24,29)(H,25,28)(H,31,32). The lowest BCUT2D eigenvalue weighted by molar-refractivity contribution is -0.144. The second kappa shape index (κ2) is 12.7. The number of nitrogens with one attached hydrogen (secondary N) is 3. The molecule has 1 aromatic carbocycles. The van der Waals surface area contributed by atoms with Crippen LogP contribution in [0.15, 0.2) is 30.3 Å². The van der Waals surface area contributed by atoms with Crippen LogP contribution >= 0.6 is 0 Å². The Morgan fingerprint density at radius 2 is 1.47 bits per heavy atom. The number of aliphatic carboxylic acids is 1. The fourth-order valence-corrected chi connectivity index (χ4v) is 2.85. The number of carboxylic acids is 1. The van der Waals surface area contributed by atoms with Gasteiger partial charge in [-0.3, -0.25) is 14.4 Å². The Morgan fingerprint density at radius 3 is 1.94 bits per heavy atom. The highest BCUT2D eigenvalue weighted by atomic mass is 16.4. The Morgan fingerprint density at radius 1 is 0.906 bits per heavy atom. The highest BCUT2D eigenvalue weighted by Gasteiger charge is 2.32. The second-order valence-corrected chi connectivity index (χ2v) is 7.84. The molecule has 0 heterocycles. The predicted octanol–water partition coefficient (Wildman–Crippen LogP) is -1.88. The number of carboxylic acid groups (broad SMARTS) is 1. The summed E-state index contributed by atoms with van der Waals surface area (Å²) < 4.78 is 0. The van der Waals surface area contributed by atoms with Crippen molar-refractivity contribution < 1.29 is 34.5 Å². The second-order valence-electron chi connectivity index (χ2n) is 7.84. The van der Waals surface area contributed by atoms with E-state index in [9.17, 15) is 34.5 Å². The van der Waals surface area contributed by atoms with Crippen LogP contribution in [0.5, 0.6) is 0 Å². The fraction of sp³-hybridized carbons (Fsp3) is 0.524. The van der Waals surface area contributed by atoms with Gasteiger partial charge in [0.05, 0.1) is 18.8 Å². The normalized spacial score (nSPS) is 15.7. The molecular weight excluding hydrogens is 420 g/mol. The predicted molar refractivity (Wildman–Crippen MR) is 115 cm³/mol. The third-order valence-corrected chi connectivity index (χ3v) is 4.74. The first-order chi connectivity index (χ1) is 15.0. The molecule has 0 aliphatic carbocycles. The minimum absolute atomic E-state index is 0.203. The summed E-state index contributed by atoms with van der Waals surface area (Å²) in [5, 5.41) is 35.5. The first-order valence-electron chi connectivity index (χ1n) is 10.2. The third kappa shape index (κ3) is 8.25. The summed E-state index contributed by atoms with van der Waals surface area (Å²) >= 11 is 0. The maximum atomic E-state index is 12.6. The van der Waals surface area contributed by atoms with E-state index < -0.39 is 66.5 Å². The number of aliphatic hydroxyl groups excluding tert-OH is 2. The van der Waals surface area contributed by atoms with Crippen LogP contribution in [0.4, 0.5) is 0 Å². The highest BCUT2D eigenvalue weighted by Crippen LogP contribution is 2.05. The summed E-state index contributed by atoms with van der Waals surface area (Å²) in [5.41, 5.74) is 6.71. The van der Waals surface area contributed by atoms with Crippen molar-refractivity contribution in [3.05, 3.63) is 35.9 Å². The molecule has 8 N–H and O–H groups in total. The van der Waals surface area contributed by atoms with E-state index in [0.717, 1.165) is 5.56 Å². The van der Waals surface area contributed by atoms with Crippen molar-refractivity contribution >= 4 is 23.7 Å². The van der Waals surface area contributed by atoms with Crippen LogP contribution in [-0.2, 0) is 25.6 Å². The van der Waals surface area contributed by atoms with Gasteiger partial charge < -0.3 is 37.0 Å². The maximum absolute atomic E-state index is 12.6. The van der Waals surface area contributed by atoms with E-state index in [-0.39, 0.29) is 6.42 Å². The van der Waals surface area contributed by atoms with Gasteiger partial charge in [0.15, 0.2) is 0 Å².